The Kier molecular flexibility index (Phi) is 7.68. The summed E-state index contributed by atoms with van der Waals surface area (Å²) in [6.45, 7) is 6.13. The van der Waals surface area contributed by atoms with Crippen molar-refractivity contribution in [3.8, 4) is 5.75 Å². The van der Waals surface area contributed by atoms with Crippen molar-refractivity contribution in [3.05, 3.63) is 45.8 Å². The van der Waals surface area contributed by atoms with Crippen LogP contribution in [0.3, 0.4) is 0 Å². The zero-order chi connectivity index (χ0) is 22.4. The van der Waals surface area contributed by atoms with Gasteiger partial charge in [0, 0.05) is 4.88 Å². The van der Waals surface area contributed by atoms with Gasteiger partial charge in [0.1, 0.15) is 10.8 Å². The van der Waals surface area contributed by atoms with Crippen LogP contribution in [0.25, 0.3) is 0 Å². The van der Waals surface area contributed by atoms with Crippen LogP contribution in [0.5, 0.6) is 5.75 Å². The lowest BCUT2D eigenvalue weighted by atomic mass is 9.88. The molecule has 1 unspecified atom stereocenters. The number of anilines is 1. The fourth-order valence-electron chi connectivity index (χ4n) is 3.49. The van der Waals surface area contributed by atoms with Gasteiger partial charge in [0.05, 0.1) is 24.3 Å². The van der Waals surface area contributed by atoms with Crippen LogP contribution in [-0.2, 0) is 27.1 Å². The topological polar surface area (TPSA) is 90.9 Å². The number of amides is 1. The van der Waals surface area contributed by atoms with Crippen molar-refractivity contribution in [1.82, 2.24) is 0 Å². The normalized spacial score (nSPS) is 15.0. The Balaban J connectivity index is 1.65. The molecule has 7 nitrogen and oxygen atoms in total. The van der Waals surface area contributed by atoms with Crippen LogP contribution < -0.4 is 10.1 Å². The first kappa shape index (κ1) is 22.8. The second-order valence-corrected chi connectivity index (χ2v) is 8.46. The van der Waals surface area contributed by atoms with E-state index in [0.29, 0.717) is 34.4 Å². The van der Waals surface area contributed by atoms with Gasteiger partial charge in [-0.05, 0) is 68.9 Å². The van der Waals surface area contributed by atoms with Crippen LogP contribution in [-0.4, -0.2) is 37.7 Å². The summed E-state index contributed by atoms with van der Waals surface area (Å²) in [6, 6.07) is 6.50. The molecule has 0 fully saturated rings. The molecule has 0 bridgehead atoms. The lowest BCUT2D eigenvalue weighted by Crippen LogP contribution is -2.22. The number of ether oxygens (including phenoxy) is 3. The van der Waals surface area contributed by atoms with Gasteiger partial charge in [0.25, 0.3) is 5.91 Å². The lowest BCUT2D eigenvalue weighted by molar-refractivity contribution is -0.119. The Morgan fingerprint density at radius 1 is 1.06 bits per heavy atom. The molecule has 1 N–H and O–H groups in total. The smallest absolute Gasteiger partial charge is 0.341 e. The van der Waals surface area contributed by atoms with Gasteiger partial charge in [0.15, 0.2) is 6.61 Å². The summed E-state index contributed by atoms with van der Waals surface area (Å²) in [6.07, 6.45) is 2.64. The molecule has 0 saturated carbocycles. The molecule has 31 heavy (non-hydrogen) atoms. The molecule has 1 heterocycles. The number of nitrogens with one attached hydrogen (secondary N) is 1. The SMILES string of the molecule is CCOC(=O)c1c(NC(=O)COC(=O)c2ccc(OCC)cc2)sc2c1CCC(C)C2. The van der Waals surface area contributed by atoms with Gasteiger partial charge in [-0.25, -0.2) is 9.59 Å². The molecule has 3 rings (SSSR count). The largest absolute Gasteiger partial charge is 0.494 e. The van der Waals surface area contributed by atoms with Crippen LogP contribution in [0.2, 0.25) is 0 Å². The molecule has 2 aromatic rings. The highest BCUT2D eigenvalue weighted by molar-refractivity contribution is 7.17. The van der Waals surface area contributed by atoms with E-state index in [1.165, 1.54) is 11.3 Å². The predicted molar refractivity (Wildman–Crippen MR) is 118 cm³/mol. The maximum absolute atomic E-state index is 12.5. The quantitative estimate of drug-likeness (QED) is 0.611. The highest BCUT2D eigenvalue weighted by atomic mass is 32.1. The Labute approximate surface area is 185 Å². The third kappa shape index (κ3) is 5.64. The molecule has 1 aliphatic rings. The van der Waals surface area contributed by atoms with Crippen molar-refractivity contribution >= 4 is 34.2 Å². The van der Waals surface area contributed by atoms with Crippen LogP contribution in [0.1, 0.15) is 58.3 Å². The second kappa shape index (κ2) is 10.4. The third-order valence-electron chi connectivity index (χ3n) is 4.98. The molecule has 0 aliphatic heterocycles. The molecule has 1 aromatic carbocycles. The fraction of sp³-hybridized carbons (Fsp3) is 0.435. The van der Waals surface area contributed by atoms with E-state index in [0.717, 1.165) is 29.7 Å². The number of carbonyl (C=O) groups is 3. The van der Waals surface area contributed by atoms with Gasteiger partial charge in [0.2, 0.25) is 0 Å². The summed E-state index contributed by atoms with van der Waals surface area (Å²) in [4.78, 5) is 38.3. The van der Waals surface area contributed by atoms with E-state index in [1.807, 2.05) is 6.92 Å². The van der Waals surface area contributed by atoms with E-state index in [-0.39, 0.29) is 6.61 Å². The van der Waals surface area contributed by atoms with Crippen molar-refractivity contribution in [3.63, 3.8) is 0 Å². The highest BCUT2D eigenvalue weighted by Crippen LogP contribution is 2.40. The summed E-state index contributed by atoms with van der Waals surface area (Å²) in [5, 5.41) is 3.19. The molecular weight excluding hydrogens is 418 g/mol. The van der Waals surface area contributed by atoms with Crippen molar-refractivity contribution < 1.29 is 28.6 Å². The first-order chi connectivity index (χ1) is 14.9. The van der Waals surface area contributed by atoms with Crippen molar-refractivity contribution in [2.75, 3.05) is 25.1 Å². The molecule has 8 heteroatoms. The first-order valence-electron chi connectivity index (χ1n) is 10.4. The number of hydrogen-bond acceptors (Lipinski definition) is 7. The maximum Gasteiger partial charge on any atom is 0.341 e. The minimum Gasteiger partial charge on any atom is -0.494 e. The van der Waals surface area contributed by atoms with E-state index in [2.05, 4.69) is 12.2 Å². The number of fused-ring (bicyclic) bond motifs is 1. The molecular formula is C23H27NO6S. The number of hydrogen-bond donors (Lipinski definition) is 1. The summed E-state index contributed by atoms with van der Waals surface area (Å²) < 4.78 is 15.7. The molecule has 1 aliphatic carbocycles. The number of benzene rings is 1. The van der Waals surface area contributed by atoms with E-state index in [9.17, 15) is 14.4 Å². The monoisotopic (exact) mass is 445 g/mol. The average Bonchev–Trinajstić information content (AvgIpc) is 3.09. The van der Waals surface area contributed by atoms with Crippen LogP contribution in [0.4, 0.5) is 5.00 Å². The molecule has 0 radical (unpaired) electrons. The Hall–Kier alpha value is -2.87. The predicted octanol–water partition coefficient (Wildman–Crippen LogP) is 4.24. The standard InChI is InChI=1S/C23H27NO6S/c1-4-28-16-9-7-15(8-10-16)22(26)30-13-19(25)24-21-20(23(27)29-5-2)17-11-6-14(3)12-18(17)31-21/h7-10,14H,4-6,11-13H2,1-3H3,(H,24,25). The molecule has 0 spiro atoms. The minimum atomic E-state index is -0.608. The Morgan fingerprint density at radius 3 is 2.48 bits per heavy atom. The van der Waals surface area contributed by atoms with Gasteiger partial charge >= 0.3 is 11.9 Å². The summed E-state index contributed by atoms with van der Waals surface area (Å²) in [7, 11) is 0. The van der Waals surface area contributed by atoms with Gasteiger partial charge in [-0.15, -0.1) is 11.3 Å². The van der Waals surface area contributed by atoms with Crippen LogP contribution in [0, 0.1) is 5.92 Å². The van der Waals surface area contributed by atoms with E-state index < -0.39 is 24.5 Å². The minimum absolute atomic E-state index is 0.257. The molecule has 0 saturated heterocycles. The second-order valence-electron chi connectivity index (χ2n) is 7.36. The highest BCUT2D eigenvalue weighted by Gasteiger charge is 2.29. The van der Waals surface area contributed by atoms with Crippen molar-refractivity contribution in [2.24, 2.45) is 5.92 Å². The van der Waals surface area contributed by atoms with E-state index in [4.69, 9.17) is 14.2 Å². The van der Waals surface area contributed by atoms with Crippen molar-refractivity contribution in [1.29, 1.82) is 0 Å². The zero-order valence-electron chi connectivity index (χ0n) is 18.0. The Morgan fingerprint density at radius 2 is 1.81 bits per heavy atom. The third-order valence-corrected chi connectivity index (χ3v) is 6.15. The number of carbonyl (C=O) groups excluding carboxylic acids is 3. The first-order valence-corrected chi connectivity index (χ1v) is 11.3. The van der Waals surface area contributed by atoms with E-state index in [1.54, 1.807) is 31.2 Å². The van der Waals surface area contributed by atoms with Gasteiger partial charge in [-0.2, -0.15) is 0 Å². The number of rotatable bonds is 8. The molecule has 1 amide bonds. The fourth-order valence-corrected chi connectivity index (χ4v) is 4.90. The van der Waals surface area contributed by atoms with E-state index >= 15 is 0 Å². The average molecular weight is 446 g/mol. The molecule has 1 aromatic heterocycles. The van der Waals surface area contributed by atoms with Crippen molar-refractivity contribution in [2.45, 2.75) is 40.0 Å². The molecule has 166 valence electrons. The molecule has 1 atom stereocenters. The lowest BCUT2D eigenvalue weighted by Gasteiger charge is -2.18. The summed E-state index contributed by atoms with van der Waals surface area (Å²) in [5.41, 5.74) is 1.72. The van der Waals surface area contributed by atoms with Crippen LogP contribution >= 0.6 is 11.3 Å². The zero-order valence-corrected chi connectivity index (χ0v) is 18.8. The van der Waals surface area contributed by atoms with Crippen LogP contribution in [0.15, 0.2) is 24.3 Å². The Bertz CT molecular complexity index is 950. The van der Waals surface area contributed by atoms with Gasteiger partial charge in [-0.3, -0.25) is 4.79 Å². The summed E-state index contributed by atoms with van der Waals surface area (Å²) >= 11 is 1.40. The van der Waals surface area contributed by atoms with Gasteiger partial charge in [-0.1, -0.05) is 6.92 Å². The maximum atomic E-state index is 12.5. The number of esters is 2. The number of thiophene rings is 1. The summed E-state index contributed by atoms with van der Waals surface area (Å²) in [5.74, 6) is -0.366. The van der Waals surface area contributed by atoms with Gasteiger partial charge < -0.3 is 19.5 Å².